The molecule has 1 aliphatic rings. The maximum Gasteiger partial charge on any atom is 0.490 e. The molecule has 1 fully saturated rings. The molecule has 0 bridgehead atoms. The van der Waals surface area contributed by atoms with Crippen molar-refractivity contribution in [3.8, 4) is 17.3 Å². The van der Waals surface area contributed by atoms with E-state index in [1.54, 1.807) is 12.3 Å². The molecule has 0 unspecified atom stereocenters. The molecule has 8 nitrogen and oxygen atoms in total. The van der Waals surface area contributed by atoms with Crippen LogP contribution in [0.4, 0.5) is 32.2 Å². The molecule has 0 aliphatic carbocycles. The molecule has 4 heterocycles. The van der Waals surface area contributed by atoms with Gasteiger partial charge in [-0.2, -0.15) is 13.2 Å². The summed E-state index contributed by atoms with van der Waals surface area (Å²) >= 11 is 0. The molecule has 5 rings (SSSR count). The summed E-state index contributed by atoms with van der Waals surface area (Å²) in [6.07, 6.45) is 0.811. The topological polar surface area (TPSA) is 92.9 Å². The summed E-state index contributed by atoms with van der Waals surface area (Å²) < 4.78 is 81.0. The quantitative estimate of drug-likeness (QED) is 0.247. The van der Waals surface area contributed by atoms with Crippen LogP contribution in [0.1, 0.15) is 29.7 Å². The molecule has 0 spiro atoms. The van der Waals surface area contributed by atoms with Gasteiger partial charge in [-0.05, 0) is 56.5 Å². The number of anilines is 1. The molecule has 1 saturated heterocycles. The minimum atomic E-state index is -5.08. The minimum Gasteiger partial charge on any atom is -0.485 e. The second kappa shape index (κ2) is 11.4. The molecule has 0 radical (unpaired) electrons. The first-order valence-corrected chi connectivity index (χ1v) is 12.0. The zero-order chi connectivity index (χ0) is 29.2. The average molecular weight is 567 g/mol. The van der Waals surface area contributed by atoms with Crippen LogP contribution < -0.4 is 9.64 Å². The van der Waals surface area contributed by atoms with Gasteiger partial charge in [0.15, 0.2) is 28.9 Å². The number of imidazole rings is 1. The van der Waals surface area contributed by atoms with E-state index in [-0.39, 0.29) is 0 Å². The fourth-order valence-corrected chi connectivity index (χ4v) is 4.17. The van der Waals surface area contributed by atoms with Crippen LogP contribution in [0, 0.1) is 31.3 Å². The van der Waals surface area contributed by atoms with E-state index in [0.717, 1.165) is 49.4 Å². The number of carboxylic acid groups (broad SMARTS) is 1. The van der Waals surface area contributed by atoms with Crippen molar-refractivity contribution in [2.24, 2.45) is 0 Å². The van der Waals surface area contributed by atoms with Crippen LogP contribution >= 0.6 is 0 Å². The SMILES string of the molecule is Cc1cc(OCc2c(F)ccc(F)c2F)c2nc(C)c(-c3nccc(N4CCCC4)n3)n2c1.O=C(O)C(F)(F)F. The number of benzene rings is 1. The predicted octanol–water partition coefficient (Wildman–Crippen LogP) is 5.64. The number of hydrogen-bond acceptors (Lipinski definition) is 6. The Kier molecular flexibility index (Phi) is 8.16. The summed E-state index contributed by atoms with van der Waals surface area (Å²) in [7, 11) is 0. The predicted molar refractivity (Wildman–Crippen MR) is 131 cm³/mol. The number of aliphatic carboxylic acids is 1. The van der Waals surface area contributed by atoms with E-state index in [0.29, 0.717) is 28.6 Å². The third-order valence-electron chi connectivity index (χ3n) is 6.03. The molecule has 4 aromatic rings. The van der Waals surface area contributed by atoms with Gasteiger partial charge in [-0.25, -0.2) is 32.9 Å². The number of halogens is 6. The van der Waals surface area contributed by atoms with Gasteiger partial charge in [-0.1, -0.05) is 0 Å². The van der Waals surface area contributed by atoms with Crippen LogP contribution in [-0.2, 0) is 11.4 Å². The highest BCUT2D eigenvalue weighted by Crippen LogP contribution is 2.30. The minimum absolute atomic E-state index is 0.322. The number of rotatable bonds is 5. The number of carbonyl (C=O) groups is 1. The van der Waals surface area contributed by atoms with E-state index < -0.39 is 41.8 Å². The molecule has 40 heavy (non-hydrogen) atoms. The van der Waals surface area contributed by atoms with Crippen LogP contribution in [0.5, 0.6) is 5.75 Å². The number of aromatic nitrogens is 4. The van der Waals surface area contributed by atoms with Gasteiger partial charge in [0.2, 0.25) is 0 Å². The molecule has 212 valence electrons. The van der Waals surface area contributed by atoms with Crippen molar-refractivity contribution in [2.45, 2.75) is 39.5 Å². The Morgan fingerprint density at radius 3 is 2.35 bits per heavy atom. The Hall–Kier alpha value is -4.36. The van der Waals surface area contributed by atoms with Gasteiger partial charge in [-0.15, -0.1) is 0 Å². The number of aryl methyl sites for hydroxylation is 2. The summed E-state index contributed by atoms with van der Waals surface area (Å²) in [5.74, 6) is -4.29. The molecule has 0 atom stereocenters. The van der Waals surface area contributed by atoms with Crippen molar-refractivity contribution < 1.29 is 41.0 Å². The van der Waals surface area contributed by atoms with Gasteiger partial charge in [0.05, 0.1) is 11.3 Å². The number of fused-ring (bicyclic) bond motifs is 1. The average Bonchev–Trinajstić information content (AvgIpc) is 3.54. The molecule has 1 aromatic carbocycles. The van der Waals surface area contributed by atoms with E-state index in [1.165, 1.54) is 0 Å². The third-order valence-corrected chi connectivity index (χ3v) is 6.03. The molecule has 1 N–H and O–H groups in total. The second-order valence-electron chi connectivity index (χ2n) is 8.97. The highest BCUT2D eigenvalue weighted by molar-refractivity contribution is 5.73. The highest BCUT2D eigenvalue weighted by atomic mass is 19.4. The Balaban J connectivity index is 0.000000470. The zero-order valence-electron chi connectivity index (χ0n) is 21.3. The largest absolute Gasteiger partial charge is 0.490 e. The van der Waals surface area contributed by atoms with Crippen molar-refractivity contribution in [1.82, 2.24) is 19.4 Å². The molecule has 0 saturated carbocycles. The van der Waals surface area contributed by atoms with Gasteiger partial charge in [0.25, 0.3) is 0 Å². The molecule has 1 aliphatic heterocycles. The summed E-state index contributed by atoms with van der Waals surface area (Å²) in [5.41, 5.74) is 2.22. The number of pyridine rings is 1. The van der Waals surface area contributed by atoms with E-state index in [4.69, 9.17) is 19.6 Å². The smallest absolute Gasteiger partial charge is 0.485 e. The number of hydrogen-bond donors (Lipinski definition) is 1. The fourth-order valence-electron chi connectivity index (χ4n) is 4.17. The van der Waals surface area contributed by atoms with Gasteiger partial charge in [-0.3, -0.25) is 4.40 Å². The van der Waals surface area contributed by atoms with E-state index in [9.17, 15) is 26.3 Å². The lowest BCUT2D eigenvalue weighted by molar-refractivity contribution is -0.192. The first-order valence-electron chi connectivity index (χ1n) is 12.0. The molecule has 14 heteroatoms. The lowest BCUT2D eigenvalue weighted by Gasteiger charge is -2.16. The Labute approximate surface area is 223 Å². The normalized spacial score (nSPS) is 13.3. The molecular weight excluding hydrogens is 544 g/mol. The summed E-state index contributed by atoms with van der Waals surface area (Å²) in [5, 5.41) is 7.12. The zero-order valence-corrected chi connectivity index (χ0v) is 21.3. The fraction of sp³-hybridized carbons (Fsp3) is 0.308. The van der Waals surface area contributed by atoms with Crippen LogP contribution in [0.2, 0.25) is 0 Å². The number of carboxylic acids is 1. The van der Waals surface area contributed by atoms with E-state index in [2.05, 4.69) is 14.9 Å². The number of alkyl halides is 3. The second-order valence-corrected chi connectivity index (χ2v) is 8.97. The first kappa shape index (κ1) is 28.6. The van der Waals surface area contributed by atoms with Crippen LogP contribution in [0.3, 0.4) is 0 Å². The Morgan fingerprint density at radius 2 is 1.70 bits per heavy atom. The first-order chi connectivity index (χ1) is 18.9. The van der Waals surface area contributed by atoms with Crippen LogP contribution in [-0.4, -0.2) is 49.7 Å². The van der Waals surface area contributed by atoms with Crippen LogP contribution in [0.25, 0.3) is 17.2 Å². The van der Waals surface area contributed by atoms with Crippen molar-refractivity contribution in [3.63, 3.8) is 0 Å². The van der Waals surface area contributed by atoms with Gasteiger partial charge < -0.3 is 14.7 Å². The molecular formula is C26H23F6N5O3. The third kappa shape index (κ3) is 6.10. The maximum absolute atomic E-state index is 14.1. The van der Waals surface area contributed by atoms with Crippen molar-refractivity contribution in [2.75, 3.05) is 18.0 Å². The Bertz CT molecular complexity index is 1550. The summed E-state index contributed by atoms with van der Waals surface area (Å²) in [6, 6.07) is 5.25. The van der Waals surface area contributed by atoms with Crippen molar-refractivity contribution >= 4 is 17.4 Å². The van der Waals surface area contributed by atoms with Crippen LogP contribution in [0.15, 0.2) is 36.7 Å². The van der Waals surface area contributed by atoms with E-state index in [1.807, 2.05) is 30.5 Å². The van der Waals surface area contributed by atoms with Crippen molar-refractivity contribution in [3.05, 3.63) is 70.9 Å². The van der Waals surface area contributed by atoms with Gasteiger partial charge >= 0.3 is 12.1 Å². The number of nitrogens with zero attached hydrogens (tertiary/aromatic N) is 5. The van der Waals surface area contributed by atoms with Crippen molar-refractivity contribution in [1.29, 1.82) is 0 Å². The lowest BCUT2D eigenvalue weighted by Crippen LogP contribution is -2.21. The summed E-state index contributed by atoms with van der Waals surface area (Å²) in [4.78, 5) is 25.0. The Morgan fingerprint density at radius 1 is 1.05 bits per heavy atom. The summed E-state index contributed by atoms with van der Waals surface area (Å²) in [6.45, 7) is 5.17. The maximum atomic E-state index is 14.1. The van der Waals surface area contributed by atoms with Gasteiger partial charge in [0.1, 0.15) is 23.9 Å². The standard InChI is InChI=1S/C24H22F3N5O.C2HF3O2/c1-14-11-19(33-13-16-17(25)5-6-18(26)21(16)27)24-29-15(2)22(32(24)12-14)23-28-8-7-20(30-23)31-9-3-4-10-31;3-2(4,5)1(6)7/h5-8,11-12H,3-4,9-10,13H2,1-2H3;(H,6,7). The number of ether oxygens (including phenoxy) is 1. The lowest BCUT2D eigenvalue weighted by atomic mass is 10.2. The molecule has 0 amide bonds. The monoisotopic (exact) mass is 567 g/mol. The molecule has 3 aromatic heterocycles. The van der Waals surface area contributed by atoms with Gasteiger partial charge in [0, 0.05) is 25.5 Å². The highest BCUT2D eigenvalue weighted by Gasteiger charge is 2.38. The van der Waals surface area contributed by atoms with E-state index >= 15 is 0 Å².